The highest BCUT2D eigenvalue weighted by Gasteiger charge is 2.07. The van der Waals surface area contributed by atoms with E-state index in [0.29, 0.717) is 25.5 Å². The van der Waals surface area contributed by atoms with E-state index in [1.165, 1.54) is 6.26 Å². The Kier molecular flexibility index (Phi) is 10.3. The van der Waals surface area contributed by atoms with Gasteiger partial charge >= 0.3 is 0 Å². The fourth-order valence-corrected chi connectivity index (χ4v) is 3.13. The first kappa shape index (κ1) is 24.2. The Bertz CT molecular complexity index is 872. The Morgan fingerprint density at radius 3 is 2.46 bits per heavy atom. The van der Waals surface area contributed by atoms with Gasteiger partial charge in [0.1, 0.15) is 21.3 Å². The molecule has 0 spiro atoms. The predicted octanol–water partition coefficient (Wildman–Crippen LogP) is 3.51. The molecule has 0 aliphatic heterocycles. The van der Waals surface area contributed by atoms with Crippen molar-refractivity contribution < 1.29 is 13.2 Å². The van der Waals surface area contributed by atoms with Gasteiger partial charge in [-0.15, -0.1) is 24.0 Å². The molecule has 0 aliphatic rings. The van der Waals surface area contributed by atoms with Crippen molar-refractivity contribution >= 4 is 39.8 Å². The first-order chi connectivity index (χ1) is 12.9. The van der Waals surface area contributed by atoms with Crippen molar-refractivity contribution in [3.63, 3.8) is 0 Å². The van der Waals surface area contributed by atoms with Crippen molar-refractivity contribution in [3.05, 3.63) is 59.7 Å². The van der Waals surface area contributed by atoms with Gasteiger partial charge in [0.15, 0.2) is 5.96 Å². The first-order valence-electron chi connectivity index (χ1n) is 8.82. The second kappa shape index (κ2) is 11.9. The first-order valence-corrected chi connectivity index (χ1v) is 10.9. The molecular formula is C20H28IN3O3S. The second-order valence-corrected chi connectivity index (χ2v) is 8.62. The van der Waals surface area contributed by atoms with E-state index in [-0.39, 0.29) is 29.7 Å². The fraction of sp³-hybridized carbons (Fsp3) is 0.350. The van der Waals surface area contributed by atoms with E-state index >= 15 is 0 Å². The van der Waals surface area contributed by atoms with Crippen LogP contribution in [0.3, 0.4) is 0 Å². The Labute approximate surface area is 184 Å². The summed E-state index contributed by atoms with van der Waals surface area (Å²) in [6, 6.07) is 15.7. The summed E-state index contributed by atoms with van der Waals surface area (Å²) in [5.74, 6) is 2.35. The maximum absolute atomic E-state index is 11.2. The number of hydrogen-bond acceptors (Lipinski definition) is 4. The van der Waals surface area contributed by atoms with Gasteiger partial charge in [-0.2, -0.15) is 0 Å². The summed E-state index contributed by atoms with van der Waals surface area (Å²) in [5.41, 5.74) is 2.12. The number of benzene rings is 2. The van der Waals surface area contributed by atoms with Crippen LogP contribution >= 0.6 is 24.0 Å². The number of para-hydroxylation sites is 1. The zero-order valence-corrected chi connectivity index (χ0v) is 19.6. The number of aryl methyl sites for hydroxylation is 1. The number of halogens is 1. The van der Waals surface area contributed by atoms with Crippen LogP contribution in [0.4, 0.5) is 0 Å². The lowest BCUT2D eigenvalue weighted by molar-refractivity contribution is 0.474. The summed E-state index contributed by atoms with van der Waals surface area (Å²) in [7, 11) is -1.26. The fourth-order valence-electron chi connectivity index (χ4n) is 2.46. The highest BCUT2D eigenvalue weighted by Crippen LogP contribution is 2.26. The molecule has 0 saturated carbocycles. The summed E-state index contributed by atoms with van der Waals surface area (Å²) >= 11 is 0. The summed E-state index contributed by atoms with van der Waals surface area (Å²) in [6.45, 7) is 3.10. The van der Waals surface area contributed by atoms with Crippen LogP contribution in [0.15, 0.2) is 53.5 Å². The zero-order chi connectivity index (χ0) is 19.7. The van der Waals surface area contributed by atoms with Gasteiger partial charge in [0.05, 0.1) is 5.75 Å². The molecule has 2 aromatic rings. The molecule has 0 atom stereocenters. The SMILES string of the molecule is CN=C(NCCCS(C)(=O)=O)NCc1ccc(C)cc1Oc1ccccc1.I. The number of aliphatic imine (C=N–C) groups is 1. The van der Waals surface area contributed by atoms with Crippen LogP contribution in [0.25, 0.3) is 0 Å². The third kappa shape index (κ3) is 8.92. The molecule has 154 valence electrons. The van der Waals surface area contributed by atoms with Crippen LogP contribution < -0.4 is 15.4 Å². The lowest BCUT2D eigenvalue weighted by atomic mass is 10.1. The third-order valence-corrected chi connectivity index (χ3v) is 4.88. The van der Waals surface area contributed by atoms with Crippen molar-refractivity contribution in [3.8, 4) is 11.5 Å². The zero-order valence-electron chi connectivity index (χ0n) is 16.4. The number of nitrogens with one attached hydrogen (secondary N) is 2. The number of sulfone groups is 1. The molecule has 2 rings (SSSR count). The summed E-state index contributed by atoms with van der Waals surface area (Å²) in [4.78, 5) is 4.17. The van der Waals surface area contributed by atoms with Crippen LogP contribution in [0.1, 0.15) is 17.5 Å². The monoisotopic (exact) mass is 517 g/mol. The molecule has 6 nitrogen and oxygen atoms in total. The molecule has 0 amide bonds. The van der Waals surface area contributed by atoms with E-state index in [1.54, 1.807) is 7.05 Å². The van der Waals surface area contributed by atoms with Gasteiger partial charge in [0.25, 0.3) is 0 Å². The molecule has 0 fully saturated rings. The Balaban J connectivity index is 0.00000392. The minimum Gasteiger partial charge on any atom is -0.457 e. The van der Waals surface area contributed by atoms with Crippen LogP contribution in [-0.4, -0.2) is 40.0 Å². The molecule has 2 aromatic carbocycles. The van der Waals surface area contributed by atoms with E-state index in [2.05, 4.69) is 15.6 Å². The molecule has 0 bridgehead atoms. The molecule has 0 unspecified atom stereocenters. The Morgan fingerprint density at radius 2 is 1.82 bits per heavy atom. The Morgan fingerprint density at radius 1 is 1.11 bits per heavy atom. The van der Waals surface area contributed by atoms with Gasteiger partial charge in [0.2, 0.25) is 0 Å². The lowest BCUT2D eigenvalue weighted by Gasteiger charge is -2.15. The molecule has 0 heterocycles. The molecule has 8 heteroatoms. The van der Waals surface area contributed by atoms with Gasteiger partial charge in [-0.3, -0.25) is 4.99 Å². The van der Waals surface area contributed by atoms with E-state index in [0.717, 1.165) is 22.6 Å². The van der Waals surface area contributed by atoms with Gasteiger partial charge < -0.3 is 15.4 Å². The molecule has 0 aromatic heterocycles. The Hall–Kier alpha value is -1.81. The smallest absolute Gasteiger partial charge is 0.191 e. The maximum atomic E-state index is 11.2. The van der Waals surface area contributed by atoms with Gasteiger partial charge in [0, 0.05) is 32.0 Å². The minimum absolute atomic E-state index is 0. The summed E-state index contributed by atoms with van der Waals surface area (Å²) < 4.78 is 28.4. The van der Waals surface area contributed by atoms with Crippen molar-refractivity contribution in [1.82, 2.24) is 10.6 Å². The van der Waals surface area contributed by atoms with E-state index in [4.69, 9.17) is 4.74 Å². The summed E-state index contributed by atoms with van der Waals surface area (Å²) in [6.07, 6.45) is 1.78. The van der Waals surface area contributed by atoms with E-state index < -0.39 is 9.84 Å². The van der Waals surface area contributed by atoms with Gasteiger partial charge in [-0.05, 0) is 37.1 Å². The van der Waals surface area contributed by atoms with Crippen molar-refractivity contribution in [2.24, 2.45) is 4.99 Å². The number of ether oxygens (including phenoxy) is 1. The number of guanidine groups is 1. The largest absolute Gasteiger partial charge is 0.457 e. The average molecular weight is 517 g/mol. The second-order valence-electron chi connectivity index (χ2n) is 6.36. The lowest BCUT2D eigenvalue weighted by Crippen LogP contribution is -2.37. The van der Waals surface area contributed by atoms with Crippen molar-refractivity contribution in [1.29, 1.82) is 0 Å². The maximum Gasteiger partial charge on any atom is 0.191 e. The third-order valence-electron chi connectivity index (χ3n) is 3.85. The highest BCUT2D eigenvalue weighted by molar-refractivity contribution is 14.0. The molecule has 0 aliphatic carbocycles. The minimum atomic E-state index is -2.94. The molecule has 0 radical (unpaired) electrons. The van der Waals surface area contributed by atoms with Crippen LogP contribution in [0.5, 0.6) is 11.5 Å². The standard InChI is InChI=1S/C20H27N3O3S.HI/c1-16-10-11-17(19(14-16)26-18-8-5-4-6-9-18)15-23-20(21-2)22-12-7-13-27(3,24)25;/h4-6,8-11,14H,7,12-13,15H2,1-3H3,(H2,21,22,23);1H. The molecule has 0 saturated heterocycles. The summed E-state index contributed by atoms with van der Waals surface area (Å²) in [5, 5.41) is 6.36. The number of hydrogen-bond donors (Lipinski definition) is 2. The van der Waals surface area contributed by atoms with Crippen LogP contribution in [-0.2, 0) is 16.4 Å². The van der Waals surface area contributed by atoms with Gasteiger partial charge in [-0.25, -0.2) is 8.42 Å². The van der Waals surface area contributed by atoms with E-state index in [9.17, 15) is 8.42 Å². The molecule has 28 heavy (non-hydrogen) atoms. The topological polar surface area (TPSA) is 79.8 Å². The van der Waals surface area contributed by atoms with Crippen molar-refractivity contribution in [2.75, 3.05) is 25.6 Å². The van der Waals surface area contributed by atoms with Crippen molar-refractivity contribution in [2.45, 2.75) is 19.9 Å². The molecular weight excluding hydrogens is 489 g/mol. The van der Waals surface area contributed by atoms with Crippen LogP contribution in [0, 0.1) is 6.92 Å². The highest BCUT2D eigenvalue weighted by atomic mass is 127. The molecule has 2 N–H and O–H groups in total. The number of rotatable bonds is 8. The predicted molar refractivity (Wildman–Crippen MR) is 126 cm³/mol. The normalized spacial score (nSPS) is 11.5. The van der Waals surface area contributed by atoms with Gasteiger partial charge in [-0.1, -0.05) is 30.3 Å². The quantitative estimate of drug-likeness (QED) is 0.243. The van der Waals surface area contributed by atoms with E-state index in [1.807, 2.05) is 55.5 Å². The average Bonchev–Trinajstić information content (AvgIpc) is 2.62. The number of nitrogens with zero attached hydrogens (tertiary/aromatic N) is 1. The van der Waals surface area contributed by atoms with Crippen LogP contribution in [0.2, 0.25) is 0 Å².